The molecule has 0 spiro atoms. The molecule has 1 fully saturated rings. The third-order valence-corrected chi connectivity index (χ3v) is 4.42. The Labute approximate surface area is 179 Å². The molecule has 0 aliphatic carbocycles. The molecule has 2 rings (SSSR count). The lowest BCUT2D eigenvalue weighted by Crippen LogP contribution is -2.42. The lowest BCUT2D eigenvalue weighted by Gasteiger charge is -2.26. The van der Waals surface area contributed by atoms with Crippen LogP contribution in [0.1, 0.15) is 52.5 Å². The molecule has 1 aromatic rings. The molecule has 0 aromatic heterocycles. The molecule has 0 bridgehead atoms. The standard InChI is InChI=1S/C22H35N5O3/c1-5-23-20(24-13-14-25-21(29)30-22(2,3)4)26-16-17-9-11-18(12-10-17)27-15-7-6-8-19(27)28/h9-12H,5-8,13-16H2,1-4H3,(H,25,29)(H2,23,24,26). The van der Waals surface area contributed by atoms with E-state index in [1.807, 2.05) is 56.9 Å². The van der Waals surface area contributed by atoms with Crippen LogP contribution in [0.4, 0.5) is 10.5 Å². The first-order valence-corrected chi connectivity index (χ1v) is 10.7. The highest BCUT2D eigenvalue weighted by Gasteiger charge is 2.19. The number of hydrogen-bond acceptors (Lipinski definition) is 4. The summed E-state index contributed by atoms with van der Waals surface area (Å²) in [6.07, 6.45) is 2.24. The highest BCUT2D eigenvalue weighted by molar-refractivity contribution is 5.93. The van der Waals surface area contributed by atoms with Crippen LogP contribution in [0.3, 0.4) is 0 Å². The number of amides is 2. The number of carbonyl (C=O) groups excluding carboxylic acids is 2. The maximum absolute atomic E-state index is 12.1. The van der Waals surface area contributed by atoms with Gasteiger partial charge in [-0.05, 0) is 58.2 Å². The van der Waals surface area contributed by atoms with Gasteiger partial charge in [0.05, 0.1) is 6.54 Å². The van der Waals surface area contributed by atoms with Gasteiger partial charge in [-0.15, -0.1) is 0 Å². The normalized spacial score (nSPS) is 15.0. The van der Waals surface area contributed by atoms with Gasteiger partial charge in [-0.2, -0.15) is 0 Å². The third kappa shape index (κ3) is 8.31. The van der Waals surface area contributed by atoms with E-state index in [2.05, 4.69) is 20.9 Å². The third-order valence-electron chi connectivity index (χ3n) is 4.42. The second-order valence-electron chi connectivity index (χ2n) is 8.22. The quantitative estimate of drug-likeness (QED) is 0.360. The number of rotatable bonds is 7. The van der Waals surface area contributed by atoms with Crippen LogP contribution in [0.5, 0.6) is 0 Å². The molecular weight excluding hydrogens is 382 g/mol. The molecule has 0 saturated carbocycles. The summed E-state index contributed by atoms with van der Waals surface area (Å²) < 4.78 is 5.21. The van der Waals surface area contributed by atoms with Crippen molar-refractivity contribution in [3.63, 3.8) is 0 Å². The van der Waals surface area contributed by atoms with E-state index in [1.54, 1.807) is 0 Å². The molecule has 30 heavy (non-hydrogen) atoms. The molecule has 1 saturated heterocycles. The van der Waals surface area contributed by atoms with Crippen molar-refractivity contribution in [3.05, 3.63) is 29.8 Å². The highest BCUT2D eigenvalue weighted by Crippen LogP contribution is 2.21. The van der Waals surface area contributed by atoms with Gasteiger partial charge in [-0.1, -0.05) is 12.1 Å². The Bertz CT molecular complexity index is 725. The maximum Gasteiger partial charge on any atom is 0.407 e. The zero-order valence-corrected chi connectivity index (χ0v) is 18.6. The maximum atomic E-state index is 12.1. The van der Waals surface area contributed by atoms with Gasteiger partial charge in [0.15, 0.2) is 5.96 Å². The molecular formula is C22H35N5O3. The van der Waals surface area contributed by atoms with Crippen molar-refractivity contribution >= 4 is 23.6 Å². The lowest BCUT2D eigenvalue weighted by molar-refractivity contribution is -0.119. The molecule has 0 radical (unpaired) electrons. The Morgan fingerprint density at radius 3 is 2.43 bits per heavy atom. The molecule has 166 valence electrons. The minimum absolute atomic E-state index is 0.200. The van der Waals surface area contributed by atoms with Crippen molar-refractivity contribution in [2.45, 2.75) is 59.1 Å². The lowest BCUT2D eigenvalue weighted by atomic mass is 10.1. The zero-order valence-electron chi connectivity index (χ0n) is 18.6. The number of piperidine rings is 1. The number of benzene rings is 1. The van der Waals surface area contributed by atoms with Crippen molar-refractivity contribution in [2.75, 3.05) is 31.1 Å². The Kier molecular flexibility index (Phi) is 8.95. The average Bonchev–Trinajstić information content (AvgIpc) is 2.69. The van der Waals surface area contributed by atoms with Crippen molar-refractivity contribution < 1.29 is 14.3 Å². The Hall–Kier alpha value is -2.77. The second-order valence-corrected chi connectivity index (χ2v) is 8.22. The summed E-state index contributed by atoms with van der Waals surface area (Å²) in [5.74, 6) is 0.879. The minimum Gasteiger partial charge on any atom is -0.444 e. The summed E-state index contributed by atoms with van der Waals surface area (Å²) in [5.41, 5.74) is 1.50. The van der Waals surface area contributed by atoms with Crippen LogP contribution in [0.2, 0.25) is 0 Å². The number of aliphatic imine (C=N–C) groups is 1. The van der Waals surface area contributed by atoms with E-state index < -0.39 is 11.7 Å². The molecule has 0 atom stereocenters. The first-order valence-electron chi connectivity index (χ1n) is 10.7. The average molecular weight is 418 g/mol. The summed E-state index contributed by atoms with van der Waals surface area (Å²) in [6.45, 7) is 10.5. The van der Waals surface area contributed by atoms with Gasteiger partial charge in [0.25, 0.3) is 0 Å². The number of nitrogens with zero attached hydrogens (tertiary/aromatic N) is 2. The monoisotopic (exact) mass is 417 g/mol. The number of anilines is 1. The fourth-order valence-electron chi connectivity index (χ4n) is 3.03. The fourth-order valence-corrected chi connectivity index (χ4v) is 3.03. The highest BCUT2D eigenvalue weighted by atomic mass is 16.6. The van der Waals surface area contributed by atoms with Crippen LogP contribution in [0, 0.1) is 0 Å². The molecule has 1 aliphatic rings. The number of ether oxygens (including phenoxy) is 1. The first kappa shape index (κ1) is 23.5. The number of carbonyl (C=O) groups is 2. The Balaban J connectivity index is 1.82. The van der Waals surface area contributed by atoms with Crippen LogP contribution < -0.4 is 20.9 Å². The van der Waals surface area contributed by atoms with Crippen molar-refractivity contribution in [3.8, 4) is 0 Å². The Morgan fingerprint density at radius 1 is 1.10 bits per heavy atom. The topological polar surface area (TPSA) is 95.1 Å². The van der Waals surface area contributed by atoms with Crippen LogP contribution >= 0.6 is 0 Å². The Morgan fingerprint density at radius 2 is 1.80 bits per heavy atom. The van der Waals surface area contributed by atoms with E-state index in [9.17, 15) is 9.59 Å². The number of guanidine groups is 1. The second kappa shape index (κ2) is 11.4. The van der Waals surface area contributed by atoms with Crippen molar-refractivity contribution in [2.24, 2.45) is 4.99 Å². The molecule has 2 amide bonds. The predicted octanol–water partition coefficient (Wildman–Crippen LogP) is 2.78. The van der Waals surface area contributed by atoms with E-state index in [4.69, 9.17) is 4.74 Å². The molecule has 8 nitrogen and oxygen atoms in total. The van der Waals surface area contributed by atoms with Gasteiger partial charge in [-0.3, -0.25) is 4.79 Å². The summed E-state index contributed by atoms with van der Waals surface area (Å²) in [6, 6.07) is 7.99. The molecule has 3 N–H and O–H groups in total. The van der Waals surface area contributed by atoms with E-state index in [0.29, 0.717) is 32.0 Å². The molecule has 1 heterocycles. The number of alkyl carbamates (subject to hydrolysis) is 1. The van der Waals surface area contributed by atoms with Gasteiger partial charge in [0.1, 0.15) is 5.60 Å². The summed E-state index contributed by atoms with van der Waals surface area (Å²) in [7, 11) is 0. The number of nitrogens with one attached hydrogen (secondary N) is 3. The van der Waals surface area contributed by atoms with Gasteiger partial charge in [0, 0.05) is 38.3 Å². The molecule has 1 aromatic carbocycles. The summed E-state index contributed by atoms with van der Waals surface area (Å²) in [5, 5.41) is 9.10. The summed E-state index contributed by atoms with van der Waals surface area (Å²) >= 11 is 0. The van der Waals surface area contributed by atoms with Gasteiger partial charge in [0.2, 0.25) is 5.91 Å². The molecule has 8 heteroatoms. The predicted molar refractivity (Wildman–Crippen MR) is 120 cm³/mol. The minimum atomic E-state index is -0.509. The fraction of sp³-hybridized carbons (Fsp3) is 0.591. The van der Waals surface area contributed by atoms with Crippen molar-refractivity contribution in [1.29, 1.82) is 0 Å². The van der Waals surface area contributed by atoms with Gasteiger partial charge in [-0.25, -0.2) is 9.79 Å². The van der Waals surface area contributed by atoms with E-state index in [1.165, 1.54) is 0 Å². The van der Waals surface area contributed by atoms with Crippen molar-refractivity contribution in [1.82, 2.24) is 16.0 Å². The van der Waals surface area contributed by atoms with Crippen LogP contribution in [0.15, 0.2) is 29.3 Å². The van der Waals surface area contributed by atoms with E-state index in [-0.39, 0.29) is 5.91 Å². The number of hydrogen-bond donors (Lipinski definition) is 3. The SMILES string of the molecule is CCNC(=NCc1ccc(N2CCCCC2=O)cc1)NCCNC(=O)OC(C)(C)C. The molecule has 1 aliphatic heterocycles. The zero-order chi connectivity index (χ0) is 22.0. The van der Waals surface area contributed by atoms with Gasteiger partial charge >= 0.3 is 6.09 Å². The largest absolute Gasteiger partial charge is 0.444 e. The first-order chi connectivity index (χ1) is 14.3. The van der Waals surface area contributed by atoms with E-state index in [0.717, 1.165) is 37.2 Å². The van der Waals surface area contributed by atoms with Crippen LogP contribution in [-0.4, -0.2) is 49.7 Å². The van der Waals surface area contributed by atoms with E-state index >= 15 is 0 Å². The summed E-state index contributed by atoms with van der Waals surface area (Å²) in [4.78, 5) is 30.2. The van der Waals surface area contributed by atoms with Crippen LogP contribution in [-0.2, 0) is 16.1 Å². The van der Waals surface area contributed by atoms with Gasteiger partial charge < -0.3 is 25.6 Å². The van der Waals surface area contributed by atoms with Crippen LogP contribution in [0.25, 0.3) is 0 Å². The molecule has 0 unspecified atom stereocenters. The smallest absolute Gasteiger partial charge is 0.407 e.